The Morgan fingerprint density at radius 1 is 0.914 bits per heavy atom. The van der Waals surface area contributed by atoms with Gasteiger partial charge in [0, 0.05) is 13.1 Å². The Balaban J connectivity index is 1.47. The lowest BCUT2D eigenvalue weighted by atomic mass is 10.1. The maximum absolute atomic E-state index is 13.5. The first-order valence-electron chi connectivity index (χ1n) is 12.0. The van der Waals surface area contributed by atoms with Gasteiger partial charge >= 0.3 is 0 Å². The predicted molar refractivity (Wildman–Crippen MR) is 140 cm³/mol. The highest BCUT2D eigenvalue weighted by molar-refractivity contribution is 7.92. The molecule has 0 aliphatic carbocycles. The van der Waals surface area contributed by atoms with E-state index in [1.165, 1.54) is 22.7 Å². The second-order valence-electron chi connectivity index (χ2n) is 9.19. The van der Waals surface area contributed by atoms with Crippen molar-refractivity contribution < 1.29 is 13.2 Å². The Morgan fingerprint density at radius 3 is 2.26 bits per heavy atom. The molecule has 1 saturated heterocycles. The van der Waals surface area contributed by atoms with E-state index in [1.807, 2.05) is 44.2 Å². The van der Waals surface area contributed by atoms with Crippen molar-refractivity contribution in [3.63, 3.8) is 0 Å². The summed E-state index contributed by atoms with van der Waals surface area (Å²) < 4.78 is 28.3. The smallest absolute Gasteiger partial charge is 0.264 e. The van der Waals surface area contributed by atoms with Crippen molar-refractivity contribution in [1.82, 2.24) is 10.2 Å². The number of nitrogens with zero attached hydrogens (tertiary/aromatic N) is 2. The maximum atomic E-state index is 13.5. The zero-order chi connectivity index (χ0) is 24.8. The van der Waals surface area contributed by atoms with E-state index in [0.29, 0.717) is 12.2 Å². The van der Waals surface area contributed by atoms with Gasteiger partial charge in [0.2, 0.25) is 5.91 Å². The van der Waals surface area contributed by atoms with Gasteiger partial charge in [-0.3, -0.25) is 14.0 Å². The van der Waals surface area contributed by atoms with Crippen LogP contribution in [0.4, 0.5) is 5.69 Å². The molecule has 0 atom stereocenters. The monoisotopic (exact) mass is 491 g/mol. The van der Waals surface area contributed by atoms with Gasteiger partial charge in [-0.1, -0.05) is 54.6 Å². The first kappa shape index (κ1) is 24.9. The molecule has 1 aliphatic heterocycles. The fourth-order valence-electron chi connectivity index (χ4n) is 4.36. The molecule has 1 heterocycles. The number of amides is 1. The average Bonchev–Trinajstić information content (AvgIpc) is 3.37. The molecule has 1 aliphatic rings. The van der Waals surface area contributed by atoms with Crippen LogP contribution < -0.4 is 9.62 Å². The minimum Gasteiger partial charge on any atom is -0.350 e. The number of aryl methyl sites for hydroxylation is 2. The summed E-state index contributed by atoms with van der Waals surface area (Å²) in [7, 11) is -3.92. The molecule has 1 fully saturated rings. The molecule has 0 aromatic heterocycles. The molecule has 0 unspecified atom stereocenters. The number of carbonyl (C=O) groups is 1. The summed E-state index contributed by atoms with van der Waals surface area (Å²) in [6.45, 7) is 7.06. The highest BCUT2D eigenvalue weighted by Crippen LogP contribution is 2.27. The molecule has 0 saturated carbocycles. The van der Waals surface area contributed by atoms with Crippen molar-refractivity contribution in [2.45, 2.75) is 44.7 Å². The SMILES string of the molecule is Cc1ccc(C)c(N(CC(=O)NCc2ccc(CN3CCCC3)cc2)S(=O)(=O)c2ccccc2)c1. The third-order valence-corrected chi connectivity index (χ3v) is 8.14. The van der Waals surface area contributed by atoms with E-state index in [2.05, 4.69) is 22.3 Å². The molecule has 3 aromatic carbocycles. The summed E-state index contributed by atoms with van der Waals surface area (Å²) in [6.07, 6.45) is 2.53. The third-order valence-electron chi connectivity index (χ3n) is 6.37. The van der Waals surface area contributed by atoms with E-state index >= 15 is 0 Å². The van der Waals surface area contributed by atoms with Crippen LogP contribution in [0.3, 0.4) is 0 Å². The number of hydrogen-bond acceptors (Lipinski definition) is 4. The summed E-state index contributed by atoms with van der Waals surface area (Å²) in [5.74, 6) is -0.355. The highest BCUT2D eigenvalue weighted by atomic mass is 32.2. The lowest BCUT2D eigenvalue weighted by Crippen LogP contribution is -2.41. The Bertz CT molecular complexity index is 1250. The van der Waals surface area contributed by atoms with Gasteiger partial charge in [-0.15, -0.1) is 0 Å². The first-order valence-corrected chi connectivity index (χ1v) is 13.5. The summed E-state index contributed by atoms with van der Waals surface area (Å²) in [4.78, 5) is 15.6. The predicted octanol–water partition coefficient (Wildman–Crippen LogP) is 4.41. The van der Waals surface area contributed by atoms with Crippen LogP contribution in [0.2, 0.25) is 0 Å². The van der Waals surface area contributed by atoms with Gasteiger partial charge in [0.25, 0.3) is 10.0 Å². The van der Waals surface area contributed by atoms with E-state index in [-0.39, 0.29) is 17.3 Å². The minimum atomic E-state index is -3.92. The van der Waals surface area contributed by atoms with Gasteiger partial charge in [-0.2, -0.15) is 0 Å². The molecule has 3 aromatic rings. The molecular formula is C28H33N3O3S. The lowest BCUT2D eigenvalue weighted by Gasteiger charge is -2.26. The number of sulfonamides is 1. The molecule has 1 amide bonds. The van der Waals surface area contributed by atoms with Crippen molar-refractivity contribution in [3.05, 3.63) is 95.1 Å². The normalized spacial score (nSPS) is 14.1. The Labute approximate surface area is 208 Å². The largest absolute Gasteiger partial charge is 0.350 e. The van der Waals surface area contributed by atoms with E-state index in [9.17, 15) is 13.2 Å². The molecule has 6 nitrogen and oxygen atoms in total. The molecule has 0 radical (unpaired) electrons. The van der Waals surface area contributed by atoms with Crippen LogP contribution in [0.1, 0.15) is 35.1 Å². The number of hydrogen-bond donors (Lipinski definition) is 1. The number of likely N-dealkylation sites (tertiary alicyclic amines) is 1. The zero-order valence-electron chi connectivity index (χ0n) is 20.4. The van der Waals surface area contributed by atoms with Crippen LogP contribution >= 0.6 is 0 Å². The quantitative estimate of drug-likeness (QED) is 0.481. The van der Waals surface area contributed by atoms with E-state index < -0.39 is 10.0 Å². The molecule has 4 rings (SSSR count). The number of benzene rings is 3. The van der Waals surface area contributed by atoms with Gasteiger partial charge in [0.15, 0.2) is 0 Å². The molecule has 0 bridgehead atoms. The van der Waals surface area contributed by atoms with E-state index in [0.717, 1.165) is 36.3 Å². The van der Waals surface area contributed by atoms with Crippen molar-refractivity contribution in [1.29, 1.82) is 0 Å². The van der Waals surface area contributed by atoms with Crippen LogP contribution in [-0.2, 0) is 27.9 Å². The van der Waals surface area contributed by atoms with Crippen LogP contribution in [0.25, 0.3) is 0 Å². The van der Waals surface area contributed by atoms with Crippen LogP contribution in [0.5, 0.6) is 0 Å². The molecule has 1 N–H and O–H groups in total. The highest BCUT2D eigenvalue weighted by Gasteiger charge is 2.28. The topological polar surface area (TPSA) is 69.7 Å². The average molecular weight is 492 g/mol. The summed E-state index contributed by atoms with van der Waals surface area (Å²) >= 11 is 0. The second-order valence-corrected chi connectivity index (χ2v) is 11.1. The fourth-order valence-corrected chi connectivity index (χ4v) is 5.85. The van der Waals surface area contributed by atoms with Crippen LogP contribution in [0, 0.1) is 13.8 Å². The van der Waals surface area contributed by atoms with Crippen molar-refractivity contribution >= 4 is 21.6 Å². The van der Waals surface area contributed by atoms with Crippen LogP contribution in [-0.4, -0.2) is 38.9 Å². The van der Waals surface area contributed by atoms with Gasteiger partial charge in [0.1, 0.15) is 6.54 Å². The van der Waals surface area contributed by atoms with E-state index in [4.69, 9.17) is 0 Å². The van der Waals surface area contributed by atoms with Gasteiger partial charge in [0.05, 0.1) is 10.6 Å². The number of anilines is 1. The first-order chi connectivity index (χ1) is 16.8. The minimum absolute atomic E-state index is 0.155. The Kier molecular flexibility index (Phi) is 7.88. The molecular weight excluding hydrogens is 458 g/mol. The van der Waals surface area contributed by atoms with Gasteiger partial charge in [-0.05, 0) is 80.2 Å². The number of rotatable bonds is 9. The van der Waals surface area contributed by atoms with Gasteiger partial charge < -0.3 is 5.32 Å². The van der Waals surface area contributed by atoms with Crippen LogP contribution in [0.15, 0.2) is 77.7 Å². The third kappa shape index (κ3) is 6.29. The molecule has 0 spiro atoms. The van der Waals surface area contributed by atoms with E-state index in [1.54, 1.807) is 30.3 Å². The summed E-state index contributed by atoms with van der Waals surface area (Å²) in [5, 5.41) is 2.89. The van der Waals surface area contributed by atoms with Crippen molar-refractivity contribution in [3.8, 4) is 0 Å². The molecule has 35 heavy (non-hydrogen) atoms. The van der Waals surface area contributed by atoms with Crippen molar-refractivity contribution in [2.75, 3.05) is 23.9 Å². The number of carbonyl (C=O) groups excluding carboxylic acids is 1. The lowest BCUT2D eigenvalue weighted by molar-refractivity contribution is -0.119. The standard InChI is InChI=1S/C28H33N3O3S/c1-22-10-11-23(2)27(18-22)31(35(33,34)26-8-4-3-5-9-26)21-28(32)29-19-24-12-14-25(15-13-24)20-30-16-6-7-17-30/h3-5,8-15,18H,6-7,16-17,19-21H2,1-2H3,(H,29,32). The number of nitrogens with one attached hydrogen (secondary N) is 1. The fraction of sp³-hybridized carbons (Fsp3) is 0.321. The Morgan fingerprint density at radius 2 is 1.57 bits per heavy atom. The Hall–Kier alpha value is -3.16. The summed E-state index contributed by atoms with van der Waals surface area (Å²) in [6, 6.07) is 22.1. The molecule has 184 valence electrons. The maximum Gasteiger partial charge on any atom is 0.264 e. The van der Waals surface area contributed by atoms with Gasteiger partial charge in [-0.25, -0.2) is 8.42 Å². The zero-order valence-corrected chi connectivity index (χ0v) is 21.2. The summed E-state index contributed by atoms with van der Waals surface area (Å²) in [5.41, 5.74) is 4.46. The molecule has 7 heteroatoms. The second kappa shape index (κ2) is 11.1. The van der Waals surface area contributed by atoms with Crippen molar-refractivity contribution in [2.24, 2.45) is 0 Å².